The second-order valence-electron chi connectivity index (χ2n) is 16.1. The summed E-state index contributed by atoms with van der Waals surface area (Å²) < 4.78 is 0. The molecule has 0 saturated carbocycles. The topological polar surface area (TPSA) is 12.9 Å². The Hall–Kier alpha value is -7.09. The van der Waals surface area contributed by atoms with Gasteiger partial charge in [-0.2, -0.15) is 0 Å². The zero-order valence-electron chi connectivity index (χ0n) is 31.2. The second-order valence-corrected chi connectivity index (χ2v) is 16.1. The van der Waals surface area contributed by atoms with E-state index >= 15 is 0 Å². The largest absolute Gasteiger partial charge is 0.247 e. The summed E-state index contributed by atoms with van der Waals surface area (Å²) in [6.45, 7) is 0. The van der Waals surface area contributed by atoms with Gasteiger partial charge in [0.2, 0.25) is 0 Å². The standard InChI is InChI=1S/C56H35N/c1-2-14-37-34(13-1)29-30-40-38-15-3-4-16-39(38)46(33-47(37)40)35-25-27-36(28-26-35)55-45-31-32-51-54(53(45)44-20-8-12-24-52(44)57-55)43-19-7-11-23-50(43)56(51)48-21-9-5-17-41(48)42-18-6-10-22-49(42)56/h1-33,41,48H. The number of hydrogen-bond donors (Lipinski definition) is 0. The number of fused-ring (bicyclic) bond motifs is 19. The zero-order valence-corrected chi connectivity index (χ0v) is 31.2. The minimum absolute atomic E-state index is 0.275. The zero-order chi connectivity index (χ0) is 37.2. The molecule has 0 amide bonds. The molecular formula is C56H35N. The van der Waals surface area contributed by atoms with Crippen molar-refractivity contribution in [1.82, 2.24) is 4.98 Å². The summed E-state index contributed by atoms with van der Waals surface area (Å²) in [6, 6.07) is 65.7. The van der Waals surface area contributed by atoms with Gasteiger partial charge in [-0.05, 0) is 89.0 Å². The molecule has 1 heteroatoms. The van der Waals surface area contributed by atoms with E-state index in [9.17, 15) is 0 Å². The average molecular weight is 722 g/mol. The van der Waals surface area contributed by atoms with Crippen molar-refractivity contribution in [2.24, 2.45) is 5.92 Å². The first-order valence-corrected chi connectivity index (χ1v) is 20.1. The van der Waals surface area contributed by atoms with E-state index in [1.165, 1.54) is 93.0 Å². The molecule has 3 atom stereocenters. The Bertz CT molecular complexity index is 3420. The third kappa shape index (κ3) is 4.06. The monoisotopic (exact) mass is 721 g/mol. The molecule has 0 N–H and O–H groups in total. The molecule has 0 bridgehead atoms. The number of hydrogen-bond acceptors (Lipinski definition) is 1. The van der Waals surface area contributed by atoms with Crippen molar-refractivity contribution >= 4 is 54.0 Å². The molecule has 3 aliphatic carbocycles. The fourth-order valence-corrected chi connectivity index (χ4v) is 11.3. The van der Waals surface area contributed by atoms with Crippen LogP contribution in [0.1, 0.15) is 28.2 Å². The van der Waals surface area contributed by atoms with Crippen molar-refractivity contribution in [3.05, 3.63) is 222 Å². The molecule has 57 heavy (non-hydrogen) atoms. The second kappa shape index (κ2) is 11.5. The van der Waals surface area contributed by atoms with E-state index in [0.29, 0.717) is 11.8 Å². The van der Waals surface area contributed by atoms with E-state index in [-0.39, 0.29) is 5.41 Å². The normalized spacial score (nSPS) is 18.8. The Morgan fingerprint density at radius 2 is 1.09 bits per heavy atom. The quantitative estimate of drug-likeness (QED) is 0.162. The molecule has 1 heterocycles. The predicted molar refractivity (Wildman–Crippen MR) is 239 cm³/mol. The highest BCUT2D eigenvalue weighted by Crippen LogP contribution is 2.66. The van der Waals surface area contributed by atoms with Crippen molar-refractivity contribution < 1.29 is 0 Å². The van der Waals surface area contributed by atoms with E-state index in [0.717, 1.165) is 16.8 Å². The molecule has 3 aliphatic rings. The first kappa shape index (κ1) is 31.2. The lowest BCUT2D eigenvalue weighted by Gasteiger charge is -2.36. The van der Waals surface area contributed by atoms with E-state index in [4.69, 9.17) is 4.98 Å². The van der Waals surface area contributed by atoms with Crippen LogP contribution in [0.5, 0.6) is 0 Å². The van der Waals surface area contributed by atoms with E-state index in [1.54, 1.807) is 0 Å². The maximum Gasteiger partial charge on any atom is 0.0788 e. The Balaban J connectivity index is 1.05. The highest BCUT2D eigenvalue weighted by Gasteiger charge is 2.57. The summed E-state index contributed by atoms with van der Waals surface area (Å²) in [6.07, 6.45) is 9.39. The van der Waals surface area contributed by atoms with Gasteiger partial charge in [0, 0.05) is 33.6 Å². The lowest BCUT2D eigenvalue weighted by atomic mass is 9.65. The third-order valence-corrected chi connectivity index (χ3v) is 13.5. The Kier molecular flexibility index (Phi) is 6.27. The van der Waals surface area contributed by atoms with Crippen molar-refractivity contribution in [3.8, 4) is 33.5 Å². The number of para-hydroxylation sites is 1. The third-order valence-electron chi connectivity index (χ3n) is 13.5. The number of aromatic nitrogens is 1. The van der Waals surface area contributed by atoms with Gasteiger partial charge >= 0.3 is 0 Å². The molecule has 13 rings (SSSR count). The molecule has 0 saturated heterocycles. The lowest BCUT2D eigenvalue weighted by Crippen LogP contribution is -2.32. The maximum absolute atomic E-state index is 5.45. The van der Waals surface area contributed by atoms with Crippen LogP contribution in [-0.2, 0) is 5.41 Å². The molecule has 10 aromatic rings. The van der Waals surface area contributed by atoms with Crippen LogP contribution in [0.15, 0.2) is 200 Å². The Morgan fingerprint density at radius 3 is 1.98 bits per heavy atom. The fraction of sp³-hybridized carbons (Fsp3) is 0.0536. The molecule has 0 fully saturated rings. The summed E-state index contributed by atoms with van der Waals surface area (Å²) in [4.78, 5) is 5.45. The maximum atomic E-state index is 5.45. The molecule has 1 aromatic heterocycles. The molecule has 264 valence electrons. The van der Waals surface area contributed by atoms with Gasteiger partial charge in [0.05, 0.1) is 16.6 Å². The van der Waals surface area contributed by atoms with E-state index in [2.05, 4.69) is 200 Å². The van der Waals surface area contributed by atoms with Crippen LogP contribution in [-0.4, -0.2) is 4.98 Å². The van der Waals surface area contributed by atoms with Gasteiger partial charge in [0.1, 0.15) is 0 Å². The van der Waals surface area contributed by atoms with Gasteiger partial charge in [-0.3, -0.25) is 0 Å². The summed E-state index contributed by atoms with van der Waals surface area (Å²) in [7, 11) is 0. The number of allylic oxidation sites excluding steroid dienone is 4. The molecular weight excluding hydrogens is 687 g/mol. The molecule has 3 unspecified atom stereocenters. The molecule has 1 nitrogen and oxygen atoms in total. The van der Waals surface area contributed by atoms with Crippen molar-refractivity contribution in [1.29, 1.82) is 0 Å². The highest BCUT2D eigenvalue weighted by molar-refractivity contribution is 6.22. The first-order valence-electron chi connectivity index (χ1n) is 20.1. The predicted octanol–water partition coefficient (Wildman–Crippen LogP) is 14.3. The molecule has 0 aliphatic heterocycles. The van der Waals surface area contributed by atoms with Gasteiger partial charge in [0.15, 0.2) is 0 Å². The molecule has 0 radical (unpaired) electrons. The van der Waals surface area contributed by atoms with Gasteiger partial charge in [0.25, 0.3) is 0 Å². The first-order chi connectivity index (χ1) is 28.3. The summed E-state index contributed by atoms with van der Waals surface area (Å²) >= 11 is 0. The number of nitrogens with zero attached hydrogens (tertiary/aromatic N) is 1. The molecule has 9 aromatic carbocycles. The summed E-state index contributed by atoms with van der Waals surface area (Å²) in [5.41, 5.74) is 13.7. The van der Waals surface area contributed by atoms with Gasteiger partial charge < -0.3 is 0 Å². The van der Waals surface area contributed by atoms with Gasteiger partial charge in [-0.1, -0.05) is 188 Å². The SMILES string of the molecule is C1=CC2c3ccccc3C3(c4ccccc4-c4c3ccc3c(-c5ccc(-c6cc7c8ccccc8ccc7c7ccccc67)cc5)nc5ccccc5c43)C2C=C1. The average Bonchev–Trinajstić information content (AvgIpc) is 3.76. The number of rotatable bonds is 2. The van der Waals surface area contributed by atoms with Crippen LogP contribution in [0.4, 0.5) is 0 Å². The Morgan fingerprint density at radius 1 is 0.421 bits per heavy atom. The van der Waals surface area contributed by atoms with E-state index < -0.39 is 0 Å². The fourth-order valence-electron chi connectivity index (χ4n) is 11.3. The number of benzene rings is 9. The minimum Gasteiger partial charge on any atom is -0.247 e. The van der Waals surface area contributed by atoms with Gasteiger partial charge in [-0.15, -0.1) is 0 Å². The van der Waals surface area contributed by atoms with Crippen LogP contribution < -0.4 is 0 Å². The van der Waals surface area contributed by atoms with Crippen molar-refractivity contribution in [3.63, 3.8) is 0 Å². The minimum atomic E-state index is -0.275. The Labute approximate surface area is 330 Å². The highest BCUT2D eigenvalue weighted by atomic mass is 14.7. The number of pyridine rings is 1. The summed E-state index contributed by atoms with van der Waals surface area (Å²) in [5.74, 6) is 0.631. The van der Waals surface area contributed by atoms with Crippen LogP contribution in [0.2, 0.25) is 0 Å². The smallest absolute Gasteiger partial charge is 0.0788 e. The van der Waals surface area contributed by atoms with Gasteiger partial charge in [-0.25, -0.2) is 4.98 Å². The van der Waals surface area contributed by atoms with Crippen LogP contribution in [0, 0.1) is 5.92 Å². The molecule has 1 spiro atoms. The van der Waals surface area contributed by atoms with Crippen LogP contribution in [0.25, 0.3) is 87.5 Å². The van der Waals surface area contributed by atoms with Crippen LogP contribution >= 0.6 is 0 Å². The summed E-state index contributed by atoms with van der Waals surface area (Å²) in [5, 5.41) is 11.4. The van der Waals surface area contributed by atoms with Crippen LogP contribution in [0.3, 0.4) is 0 Å². The lowest BCUT2D eigenvalue weighted by molar-refractivity contribution is 0.466. The van der Waals surface area contributed by atoms with Crippen molar-refractivity contribution in [2.75, 3.05) is 0 Å². The van der Waals surface area contributed by atoms with E-state index in [1.807, 2.05) is 0 Å². The van der Waals surface area contributed by atoms with Crippen molar-refractivity contribution in [2.45, 2.75) is 11.3 Å².